The second-order valence-electron chi connectivity index (χ2n) is 3.86. The molecule has 0 unspecified atom stereocenters. The molecule has 0 aromatic carbocycles. The molecule has 0 aromatic heterocycles. The zero-order valence-corrected chi connectivity index (χ0v) is 12.6. The molecular weight excluding hydrogens is 319 g/mol. The number of carbonyl (C=O) groups is 1. The van der Waals surface area contributed by atoms with Crippen molar-refractivity contribution in [2.75, 3.05) is 19.6 Å². The third-order valence-electron chi connectivity index (χ3n) is 1.79. The molecule has 0 saturated carbocycles. The molecule has 0 radical (unpaired) electrons. The number of guanidine groups is 1. The average molecular weight is 342 g/mol. The molecule has 0 aliphatic rings. The summed E-state index contributed by atoms with van der Waals surface area (Å²) in [6, 6.07) is 0. The summed E-state index contributed by atoms with van der Waals surface area (Å²) in [6.45, 7) is 7.70. The van der Waals surface area contributed by atoms with Crippen molar-refractivity contribution in [3.8, 4) is 0 Å². The van der Waals surface area contributed by atoms with Crippen LogP contribution in [0.2, 0.25) is 0 Å². The molecule has 0 aliphatic heterocycles. The molecule has 0 atom stereocenters. The van der Waals surface area contributed by atoms with Gasteiger partial charge in [-0.2, -0.15) is 0 Å². The summed E-state index contributed by atoms with van der Waals surface area (Å²) in [4.78, 5) is 14.7. The fourth-order valence-corrected chi connectivity index (χ4v) is 0.928. The maximum atomic E-state index is 10.5. The van der Waals surface area contributed by atoms with Gasteiger partial charge in [-0.05, 0) is 12.3 Å². The highest BCUT2D eigenvalue weighted by Gasteiger charge is 1.94. The van der Waals surface area contributed by atoms with Crippen LogP contribution in [-0.4, -0.2) is 31.5 Å². The van der Waals surface area contributed by atoms with E-state index in [2.05, 4.69) is 29.5 Å². The van der Waals surface area contributed by atoms with E-state index in [0.717, 1.165) is 13.0 Å². The Balaban J connectivity index is 0. The highest BCUT2D eigenvalue weighted by molar-refractivity contribution is 14.0. The van der Waals surface area contributed by atoms with Crippen LogP contribution >= 0.6 is 24.0 Å². The minimum Gasteiger partial charge on any atom is -0.370 e. The SMILES string of the molecule is CC(=O)NCCNC(N)=NCCC(C)C.I. The minimum atomic E-state index is -0.0351. The van der Waals surface area contributed by atoms with Crippen LogP contribution in [0.1, 0.15) is 27.2 Å². The van der Waals surface area contributed by atoms with E-state index in [-0.39, 0.29) is 29.9 Å². The Morgan fingerprint density at radius 3 is 2.38 bits per heavy atom. The molecule has 1 amide bonds. The first-order valence-corrected chi connectivity index (χ1v) is 5.30. The summed E-state index contributed by atoms with van der Waals surface area (Å²) < 4.78 is 0. The molecule has 16 heavy (non-hydrogen) atoms. The summed E-state index contributed by atoms with van der Waals surface area (Å²) in [6.07, 6.45) is 1.04. The second kappa shape index (κ2) is 11.0. The first kappa shape index (κ1) is 17.9. The number of nitrogens with two attached hydrogens (primary N) is 1. The Morgan fingerprint density at radius 2 is 1.88 bits per heavy atom. The van der Waals surface area contributed by atoms with Crippen LogP contribution in [-0.2, 0) is 4.79 Å². The van der Waals surface area contributed by atoms with Crippen LogP contribution in [0.3, 0.4) is 0 Å². The van der Waals surface area contributed by atoms with Gasteiger partial charge in [0.1, 0.15) is 0 Å². The number of aliphatic imine (C=N–C) groups is 1. The molecule has 0 aromatic rings. The summed E-state index contributed by atoms with van der Waals surface area (Å²) in [5.74, 6) is 1.05. The quantitative estimate of drug-likeness (QED) is 0.288. The number of hydrogen-bond acceptors (Lipinski definition) is 2. The van der Waals surface area contributed by atoms with Crippen molar-refractivity contribution in [3.05, 3.63) is 0 Å². The molecule has 4 N–H and O–H groups in total. The minimum absolute atomic E-state index is 0. The van der Waals surface area contributed by atoms with Gasteiger partial charge in [0.15, 0.2) is 5.96 Å². The number of rotatable bonds is 6. The van der Waals surface area contributed by atoms with Crippen molar-refractivity contribution in [3.63, 3.8) is 0 Å². The molecule has 0 saturated heterocycles. The molecule has 0 bridgehead atoms. The number of amides is 1. The van der Waals surface area contributed by atoms with Crippen molar-refractivity contribution in [2.24, 2.45) is 16.6 Å². The summed E-state index contributed by atoms with van der Waals surface area (Å²) in [5.41, 5.74) is 5.60. The van der Waals surface area contributed by atoms with Gasteiger partial charge < -0.3 is 16.4 Å². The molecule has 5 nitrogen and oxygen atoms in total. The first-order chi connectivity index (χ1) is 7.02. The standard InChI is InChI=1S/C10H22N4O.HI/c1-8(2)4-5-13-10(11)14-7-6-12-9(3)15;/h8H,4-7H2,1-3H3,(H,12,15)(H3,11,13,14);1H. The molecule has 0 rings (SSSR count). The zero-order valence-electron chi connectivity index (χ0n) is 10.2. The van der Waals surface area contributed by atoms with Gasteiger partial charge in [-0.25, -0.2) is 0 Å². The predicted octanol–water partition coefficient (Wildman–Crippen LogP) is 0.691. The van der Waals surface area contributed by atoms with E-state index in [9.17, 15) is 4.79 Å². The monoisotopic (exact) mass is 342 g/mol. The van der Waals surface area contributed by atoms with Crippen LogP contribution in [0, 0.1) is 5.92 Å². The third kappa shape index (κ3) is 13.5. The van der Waals surface area contributed by atoms with Crippen LogP contribution in [0.4, 0.5) is 0 Å². The van der Waals surface area contributed by atoms with Crippen molar-refractivity contribution >= 4 is 35.8 Å². The number of hydrogen-bond donors (Lipinski definition) is 3. The Hall–Kier alpha value is -0.530. The highest BCUT2D eigenvalue weighted by Crippen LogP contribution is 1.97. The van der Waals surface area contributed by atoms with Gasteiger partial charge in [-0.15, -0.1) is 24.0 Å². The van der Waals surface area contributed by atoms with Crippen molar-refractivity contribution < 1.29 is 4.79 Å². The highest BCUT2D eigenvalue weighted by atomic mass is 127. The fourth-order valence-electron chi connectivity index (χ4n) is 0.928. The van der Waals surface area contributed by atoms with E-state index in [1.54, 1.807) is 0 Å². The lowest BCUT2D eigenvalue weighted by atomic mass is 10.1. The van der Waals surface area contributed by atoms with Gasteiger partial charge in [0.05, 0.1) is 0 Å². The lowest BCUT2D eigenvalue weighted by Gasteiger charge is -2.06. The van der Waals surface area contributed by atoms with E-state index >= 15 is 0 Å². The third-order valence-corrected chi connectivity index (χ3v) is 1.79. The van der Waals surface area contributed by atoms with Gasteiger partial charge in [-0.3, -0.25) is 9.79 Å². The first-order valence-electron chi connectivity index (χ1n) is 5.30. The van der Waals surface area contributed by atoms with Gasteiger partial charge in [0.2, 0.25) is 5.91 Å². The van der Waals surface area contributed by atoms with E-state index in [4.69, 9.17) is 5.73 Å². The largest absolute Gasteiger partial charge is 0.370 e. The summed E-state index contributed by atoms with van der Waals surface area (Å²) >= 11 is 0. The van der Waals surface area contributed by atoms with Gasteiger partial charge in [0.25, 0.3) is 0 Å². The van der Waals surface area contributed by atoms with Gasteiger partial charge >= 0.3 is 0 Å². The van der Waals surface area contributed by atoms with E-state index in [0.29, 0.717) is 25.0 Å². The topological polar surface area (TPSA) is 79.5 Å². The molecule has 0 aliphatic carbocycles. The van der Waals surface area contributed by atoms with Crippen LogP contribution in [0.25, 0.3) is 0 Å². The lowest BCUT2D eigenvalue weighted by molar-refractivity contribution is -0.118. The molecule has 0 heterocycles. The zero-order chi connectivity index (χ0) is 11.7. The predicted molar refractivity (Wildman–Crippen MR) is 78.0 cm³/mol. The van der Waals surface area contributed by atoms with Crippen molar-refractivity contribution in [1.82, 2.24) is 10.6 Å². The number of nitrogens with one attached hydrogen (secondary N) is 2. The number of nitrogens with zero attached hydrogens (tertiary/aromatic N) is 1. The number of halogens is 1. The van der Waals surface area contributed by atoms with Crippen LogP contribution < -0.4 is 16.4 Å². The maximum Gasteiger partial charge on any atom is 0.216 e. The smallest absolute Gasteiger partial charge is 0.216 e. The fraction of sp³-hybridized carbons (Fsp3) is 0.800. The second-order valence-corrected chi connectivity index (χ2v) is 3.86. The Kier molecular flexibility index (Phi) is 12.2. The molecule has 0 fully saturated rings. The molecule has 96 valence electrons. The summed E-state index contributed by atoms with van der Waals surface area (Å²) in [5, 5.41) is 5.59. The average Bonchev–Trinajstić information content (AvgIpc) is 2.11. The molecule has 0 spiro atoms. The van der Waals surface area contributed by atoms with Crippen molar-refractivity contribution in [1.29, 1.82) is 0 Å². The summed E-state index contributed by atoms with van der Waals surface area (Å²) in [7, 11) is 0. The molecular formula is C10H23IN4O. The van der Waals surface area contributed by atoms with E-state index < -0.39 is 0 Å². The molecule has 6 heteroatoms. The Labute approximate surface area is 115 Å². The van der Waals surface area contributed by atoms with Crippen LogP contribution in [0.5, 0.6) is 0 Å². The Bertz CT molecular complexity index is 219. The van der Waals surface area contributed by atoms with E-state index in [1.807, 2.05) is 0 Å². The van der Waals surface area contributed by atoms with Crippen LogP contribution in [0.15, 0.2) is 4.99 Å². The van der Waals surface area contributed by atoms with E-state index in [1.165, 1.54) is 6.92 Å². The normalized spacial score (nSPS) is 10.9. The van der Waals surface area contributed by atoms with Gasteiger partial charge in [-0.1, -0.05) is 13.8 Å². The Morgan fingerprint density at radius 1 is 1.31 bits per heavy atom. The number of carbonyl (C=O) groups excluding carboxylic acids is 1. The maximum absolute atomic E-state index is 10.5. The van der Waals surface area contributed by atoms with Crippen molar-refractivity contribution in [2.45, 2.75) is 27.2 Å². The lowest BCUT2D eigenvalue weighted by Crippen LogP contribution is -2.38. The van der Waals surface area contributed by atoms with Gasteiger partial charge in [0, 0.05) is 26.6 Å².